The number of hydrogen-bond donors (Lipinski definition) is 2. The molecular formula is C18H17FN4O2S. The van der Waals surface area contributed by atoms with E-state index in [0.717, 1.165) is 11.6 Å². The minimum Gasteiger partial charge on any atom is -0.365 e. The molecule has 8 heteroatoms. The van der Waals surface area contributed by atoms with Crippen LogP contribution >= 0.6 is 0 Å². The van der Waals surface area contributed by atoms with Crippen LogP contribution in [0.5, 0.6) is 0 Å². The van der Waals surface area contributed by atoms with E-state index < -0.39 is 15.8 Å². The van der Waals surface area contributed by atoms with E-state index in [2.05, 4.69) is 20.2 Å². The van der Waals surface area contributed by atoms with E-state index in [1.807, 2.05) is 30.3 Å². The molecule has 0 radical (unpaired) electrons. The van der Waals surface area contributed by atoms with Gasteiger partial charge in [-0.3, -0.25) is 4.72 Å². The third-order valence-corrected chi connectivity index (χ3v) is 5.01. The van der Waals surface area contributed by atoms with E-state index in [1.165, 1.54) is 25.1 Å². The molecule has 0 atom stereocenters. The Labute approximate surface area is 151 Å². The van der Waals surface area contributed by atoms with Crippen LogP contribution in [0.15, 0.2) is 65.6 Å². The van der Waals surface area contributed by atoms with Crippen molar-refractivity contribution in [1.29, 1.82) is 0 Å². The number of aryl methyl sites for hydroxylation is 1. The lowest BCUT2D eigenvalue weighted by molar-refractivity contribution is 0.598. The average molecular weight is 372 g/mol. The second-order valence-corrected chi connectivity index (χ2v) is 7.34. The molecule has 1 heterocycles. The third kappa shape index (κ3) is 4.34. The van der Waals surface area contributed by atoms with Crippen molar-refractivity contribution >= 4 is 21.7 Å². The molecule has 2 aromatic carbocycles. The van der Waals surface area contributed by atoms with Gasteiger partial charge >= 0.3 is 0 Å². The van der Waals surface area contributed by atoms with E-state index >= 15 is 0 Å². The fraction of sp³-hybridized carbons (Fsp3) is 0.111. The molecule has 0 amide bonds. The average Bonchev–Trinajstić information content (AvgIpc) is 2.64. The third-order valence-electron chi connectivity index (χ3n) is 3.66. The van der Waals surface area contributed by atoms with E-state index in [1.54, 1.807) is 6.07 Å². The summed E-state index contributed by atoms with van der Waals surface area (Å²) >= 11 is 0. The van der Waals surface area contributed by atoms with Crippen LogP contribution in [0, 0.1) is 12.7 Å². The van der Waals surface area contributed by atoms with Crippen molar-refractivity contribution in [2.75, 3.05) is 10.0 Å². The molecular weight excluding hydrogens is 355 g/mol. The summed E-state index contributed by atoms with van der Waals surface area (Å²) in [6, 6.07) is 16.5. The zero-order valence-electron chi connectivity index (χ0n) is 14.0. The molecule has 0 aliphatic rings. The summed E-state index contributed by atoms with van der Waals surface area (Å²) in [6.07, 6.45) is 0. The second-order valence-electron chi connectivity index (χ2n) is 5.66. The van der Waals surface area contributed by atoms with Crippen molar-refractivity contribution < 1.29 is 12.8 Å². The van der Waals surface area contributed by atoms with Gasteiger partial charge < -0.3 is 5.32 Å². The molecule has 0 fully saturated rings. The van der Waals surface area contributed by atoms with Crippen molar-refractivity contribution in [2.45, 2.75) is 18.4 Å². The number of aromatic nitrogens is 2. The van der Waals surface area contributed by atoms with Crippen LogP contribution < -0.4 is 10.0 Å². The molecule has 134 valence electrons. The molecule has 0 unspecified atom stereocenters. The number of halogens is 1. The molecule has 0 saturated heterocycles. The van der Waals surface area contributed by atoms with E-state index in [4.69, 9.17) is 0 Å². The van der Waals surface area contributed by atoms with Crippen LogP contribution in [0.4, 0.5) is 16.0 Å². The van der Waals surface area contributed by atoms with E-state index in [0.29, 0.717) is 12.4 Å². The van der Waals surface area contributed by atoms with Crippen LogP contribution in [0.3, 0.4) is 0 Å². The highest BCUT2D eigenvalue weighted by molar-refractivity contribution is 7.92. The fourth-order valence-electron chi connectivity index (χ4n) is 2.25. The molecule has 26 heavy (non-hydrogen) atoms. The first kappa shape index (κ1) is 17.8. The van der Waals surface area contributed by atoms with Crippen molar-refractivity contribution in [1.82, 2.24) is 10.2 Å². The predicted octanol–water partition coefficient (Wildman–Crippen LogP) is 3.34. The minimum atomic E-state index is -3.86. The van der Waals surface area contributed by atoms with E-state index in [-0.39, 0.29) is 16.3 Å². The Morgan fingerprint density at radius 1 is 0.962 bits per heavy atom. The fourth-order valence-corrected chi connectivity index (χ4v) is 3.33. The molecule has 0 bridgehead atoms. The zero-order valence-corrected chi connectivity index (χ0v) is 14.8. The Morgan fingerprint density at radius 3 is 2.31 bits per heavy atom. The lowest BCUT2D eigenvalue weighted by Gasteiger charge is -2.09. The van der Waals surface area contributed by atoms with Gasteiger partial charge in [0.1, 0.15) is 11.6 Å². The maximum Gasteiger partial charge on any atom is 0.263 e. The molecule has 3 rings (SSSR count). The number of nitrogens with zero attached hydrogens (tertiary/aromatic N) is 2. The summed E-state index contributed by atoms with van der Waals surface area (Å²) in [6.45, 7) is 2.08. The highest BCUT2D eigenvalue weighted by Crippen LogP contribution is 2.17. The number of rotatable bonds is 6. The Hall–Kier alpha value is -3.00. The largest absolute Gasteiger partial charge is 0.365 e. The van der Waals surface area contributed by atoms with Crippen LogP contribution in [0.1, 0.15) is 11.1 Å². The summed E-state index contributed by atoms with van der Waals surface area (Å²) in [7, 11) is -3.86. The van der Waals surface area contributed by atoms with Crippen LogP contribution in [0.2, 0.25) is 0 Å². The quantitative estimate of drug-likeness (QED) is 0.693. The molecule has 2 N–H and O–H groups in total. The van der Waals surface area contributed by atoms with Crippen molar-refractivity contribution in [3.05, 3.63) is 77.6 Å². The van der Waals surface area contributed by atoms with Crippen molar-refractivity contribution in [2.24, 2.45) is 0 Å². The van der Waals surface area contributed by atoms with Gasteiger partial charge in [-0.05, 0) is 48.4 Å². The van der Waals surface area contributed by atoms with Crippen molar-refractivity contribution in [3.8, 4) is 0 Å². The topological polar surface area (TPSA) is 84.0 Å². The Bertz CT molecular complexity index is 993. The van der Waals surface area contributed by atoms with Gasteiger partial charge in [0.25, 0.3) is 10.0 Å². The molecule has 0 saturated carbocycles. The molecule has 0 aliphatic carbocycles. The number of anilines is 2. The second kappa shape index (κ2) is 7.49. The summed E-state index contributed by atoms with van der Waals surface area (Å²) < 4.78 is 40.3. The summed E-state index contributed by atoms with van der Waals surface area (Å²) in [5, 5.41) is 10.9. The van der Waals surface area contributed by atoms with Gasteiger partial charge in [0, 0.05) is 6.54 Å². The van der Waals surface area contributed by atoms with Crippen LogP contribution in [0.25, 0.3) is 0 Å². The van der Waals surface area contributed by atoms with Gasteiger partial charge in [-0.15, -0.1) is 10.2 Å². The van der Waals surface area contributed by atoms with Gasteiger partial charge in [-0.1, -0.05) is 30.3 Å². The number of hydrogen-bond acceptors (Lipinski definition) is 5. The lowest BCUT2D eigenvalue weighted by Crippen LogP contribution is -2.15. The van der Waals surface area contributed by atoms with Crippen molar-refractivity contribution in [3.63, 3.8) is 0 Å². The summed E-state index contributed by atoms with van der Waals surface area (Å²) in [5.74, 6) is 0.143. The van der Waals surface area contributed by atoms with Crippen LogP contribution in [-0.2, 0) is 16.6 Å². The number of sulfonamides is 1. The first-order valence-corrected chi connectivity index (χ1v) is 9.33. The maximum absolute atomic E-state index is 13.3. The zero-order chi connectivity index (χ0) is 18.6. The molecule has 1 aromatic heterocycles. The highest BCUT2D eigenvalue weighted by atomic mass is 32.2. The normalized spacial score (nSPS) is 11.2. The number of nitrogens with one attached hydrogen (secondary N) is 2. The SMILES string of the molecule is Cc1cc(S(=O)(=O)Nc2ccc(NCc3ccccc3)nn2)ccc1F. The first-order chi connectivity index (χ1) is 12.4. The van der Waals surface area contributed by atoms with Gasteiger partial charge in [-0.25, -0.2) is 12.8 Å². The number of benzene rings is 2. The predicted molar refractivity (Wildman–Crippen MR) is 97.7 cm³/mol. The van der Waals surface area contributed by atoms with Gasteiger partial charge in [0.2, 0.25) is 0 Å². The molecule has 6 nitrogen and oxygen atoms in total. The first-order valence-electron chi connectivity index (χ1n) is 7.84. The van der Waals surface area contributed by atoms with Crippen LogP contribution in [-0.4, -0.2) is 18.6 Å². The standard InChI is InChI=1S/C18H17FN4O2S/c1-13-11-15(7-8-16(13)19)26(24,25)23-18-10-9-17(21-22-18)20-12-14-5-3-2-4-6-14/h2-11H,12H2,1H3,(H,20,21)(H,22,23). The summed E-state index contributed by atoms with van der Waals surface area (Å²) in [4.78, 5) is -0.0375. The highest BCUT2D eigenvalue weighted by Gasteiger charge is 2.16. The monoisotopic (exact) mass is 372 g/mol. The van der Waals surface area contributed by atoms with Gasteiger partial charge in [-0.2, -0.15) is 0 Å². The Balaban J connectivity index is 1.67. The molecule has 0 spiro atoms. The Morgan fingerprint density at radius 2 is 1.65 bits per heavy atom. The lowest BCUT2D eigenvalue weighted by atomic mass is 10.2. The molecule has 3 aromatic rings. The van der Waals surface area contributed by atoms with E-state index in [9.17, 15) is 12.8 Å². The Kier molecular flexibility index (Phi) is 5.13. The van der Waals surface area contributed by atoms with Gasteiger partial charge in [0.05, 0.1) is 4.90 Å². The minimum absolute atomic E-state index is 0.0375. The molecule has 0 aliphatic heterocycles. The maximum atomic E-state index is 13.3. The smallest absolute Gasteiger partial charge is 0.263 e. The summed E-state index contributed by atoms with van der Waals surface area (Å²) in [5.41, 5.74) is 1.34. The van der Waals surface area contributed by atoms with Gasteiger partial charge in [0.15, 0.2) is 5.82 Å².